The second-order valence-corrected chi connectivity index (χ2v) is 4.70. The Morgan fingerprint density at radius 1 is 1.28 bits per heavy atom. The zero-order valence-corrected chi connectivity index (χ0v) is 11.4. The van der Waals surface area contributed by atoms with E-state index >= 15 is 0 Å². The highest BCUT2D eigenvalue weighted by Gasteiger charge is 2.19. The minimum Gasteiger partial charge on any atom is -0.295 e. The molecule has 1 aromatic rings. The lowest BCUT2D eigenvalue weighted by Crippen LogP contribution is -2.40. The van der Waals surface area contributed by atoms with Crippen LogP contribution in [0.15, 0.2) is 9.59 Å². The van der Waals surface area contributed by atoms with Crippen LogP contribution in [-0.4, -0.2) is 9.55 Å². The zero-order chi connectivity index (χ0) is 13.7. The van der Waals surface area contributed by atoms with Gasteiger partial charge in [0.25, 0.3) is 5.56 Å². The average molecular weight is 277 g/mol. The molecule has 0 saturated carbocycles. The number of halogens is 2. The Kier molecular flexibility index (Phi) is 5.59. The Hall–Kier alpha value is -1.10. The molecule has 4 nitrogen and oxygen atoms in total. The highest BCUT2D eigenvalue weighted by molar-refractivity contribution is 6.29. The van der Waals surface area contributed by atoms with Crippen molar-refractivity contribution in [2.75, 3.05) is 0 Å². The third-order valence-corrected chi connectivity index (χ3v) is 3.17. The molecule has 0 aliphatic rings. The van der Waals surface area contributed by atoms with Gasteiger partial charge in [-0.2, -0.15) is 4.39 Å². The lowest BCUT2D eigenvalue weighted by molar-refractivity contribution is 0.381. The van der Waals surface area contributed by atoms with Gasteiger partial charge in [0.05, 0.1) is 0 Å². The van der Waals surface area contributed by atoms with E-state index in [4.69, 9.17) is 11.6 Å². The lowest BCUT2D eigenvalue weighted by atomic mass is 10.1. The van der Waals surface area contributed by atoms with Crippen LogP contribution in [-0.2, 0) is 0 Å². The molecule has 102 valence electrons. The molecule has 6 heteroatoms. The topological polar surface area (TPSA) is 54.9 Å². The molecule has 0 aromatic carbocycles. The predicted octanol–water partition coefficient (Wildman–Crippen LogP) is 2.86. The zero-order valence-electron chi connectivity index (χ0n) is 10.6. The molecule has 0 fully saturated rings. The number of nitrogens with one attached hydrogen (secondary N) is 1. The van der Waals surface area contributed by atoms with E-state index in [1.807, 2.05) is 13.8 Å². The van der Waals surface area contributed by atoms with Gasteiger partial charge in [-0.05, 0) is 12.8 Å². The van der Waals surface area contributed by atoms with Crippen LogP contribution in [0.2, 0.25) is 5.15 Å². The Morgan fingerprint density at radius 3 is 2.50 bits per heavy atom. The van der Waals surface area contributed by atoms with Gasteiger partial charge in [0.2, 0.25) is 5.82 Å². The van der Waals surface area contributed by atoms with Gasteiger partial charge in [-0.1, -0.05) is 44.7 Å². The van der Waals surface area contributed by atoms with Crippen molar-refractivity contribution in [3.8, 4) is 0 Å². The van der Waals surface area contributed by atoms with Crippen molar-refractivity contribution in [3.63, 3.8) is 0 Å². The van der Waals surface area contributed by atoms with Crippen molar-refractivity contribution in [3.05, 3.63) is 31.8 Å². The summed E-state index contributed by atoms with van der Waals surface area (Å²) in [6.45, 7) is 3.99. The van der Waals surface area contributed by atoms with Crippen LogP contribution >= 0.6 is 11.6 Å². The molecule has 0 amide bonds. The van der Waals surface area contributed by atoms with Crippen molar-refractivity contribution in [2.24, 2.45) is 0 Å². The summed E-state index contributed by atoms with van der Waals surface area (Å²) in [5.74, 6) is -1.09. The fourth-order valence-electron chi connectivity index (χ4n) is 2.01. The van der Waals surface area contributed by atoms with Gasteiger partial charge in [0.1, 0.15) is 0 Å². The molecule has 0 bridgehead atoms. The molecule has 0 spiro atoms. The minimum atomic E-state index is -1.09. The van der Waals surface area contributed by atoms with E-state index in [1.54, 1.807) is 0 Å². The van der Waals surface area contributed by atoms with Crippen molar-refractivity contribution < 1.29 is 4.39 Å². The highest BCUT2D eigenvalue weighted by atomic mass is 35.5. The Labute approximate surface area is 110 Å². The molecule has 1 N–H and O–H groups in total. The molecule has 0 radical (unpaired) electrons. The predicted molar refractivity (Wildman–Crippen MR) is 69.8 cm³/mol. The fraction of sp³-hybridized carbons (Fsp3) is 0.667. The third kappa shape index (κ3) is 3.22. The Balaban J connectivity index is 3.23. The molecule has 18 heavy (non-hydrogen) atoms. The van der Waals surface area contributed by atoms with Gasteiger partial charge in [0.15, 0.2) is 5.15 Å². The number of nitrogens with zero attached hydrogens (tertiary/aromatic N) is 1. The maximum absolute atomic E-state index is 13.5. The first kappa shape index (κ1) is 15.0. The molecule has 1 aromatic heterocycles. The standard InChI is InChI=1S/C12H18ClFN2O2/c1-3-5-7-8(6-4-2)16-11(17)9(14)10(13)15-12(16)18/h8H,3-7H2,1-2H3,(H,15,18). The molecule has 1 unspecified atom stereocenters. The summed E-state index contributed by atoms with van der Waals surface area (Å²) in [6, 6.07) is -0.266. The first-order valence-corrected chi connectivity index (χ1v) is 6.60. The van der Waals surface area contributed by atoms with Crippen molar-refractivity contribution >= 4 is 11.6 Å². The number of hydrogen-bond donors (Lipinski definition) is 1. The number of H-pyrrole nitrogens is 1. The average Bonchev–Trinajstić information content (AvgIpc) is 2.33. The molecular formula is C12H18ClFN2O2. The number of aromatic amines is 1. The second kappa shape index (κ2) is 6.73. The summed E-state index contributed by atoms with van der Waals surface area (Å²) >= 11 is 5.43. The molecule has 0 saturated heterocycles. The summed E-state index contributed by atoms with van der Waals surface area (Å²) in [5.41, 5.74) is -1.57. The van der Waals surface area contributed by atoms with Gasteiger partial charge in [-0.3, -0.25) is 14.3 Å². The maximum Gasteiger partial charge on any atom is 0.329 e. The van der Waals surface area contributed by atoms with E-state index in [0.29, 0.717) is 12.8 Å². The van der Waals surface area contributed by atoms with Crippen LogP contribution in [0.25, 0.3) is 0 Å². The van der Waals surface area contributed by atoms with Gasteiger partial charge >= 0.3 is 5.69 Å². The van der Waals surface area contributed by atoms with Crippen molar-refractivity contribution in [1.29, 1.82) is 0 Å². The lowest BCUT2D eigenvalue weighted by Gasteiger charge is -2.18. The van der Waals surface area contributed by atoms with E-state index in [1.165, 1.54) is 0 Å². The van der Waals surface area contributed by atoms with Gasteiger partial charge in [-0.15, -0.1) is 0 Å². The third-order valence-electron chi connectivity index (χ3n) is 2.91. The Bertz CT molecular complexity index is 510. The van der Waals surface area contributed by atoms with E-state index in [-0.39, 0.29) is 6.04 Å². The highest BCUT2D eigenvalue weighted by Crippen LogP contribution is 2.18. The quantitative estimate of drug-likeness (QED) is 0.812. The SMILES string of the molecule is CCCCC(CCC)n1c(=O)[nH]c(Cl)c(F)c1=O. The van der Waals surface area contributed by atoms with Crippen LogP contribution in [0.4, 0.5) is 4.39 Å². The van der Waals surface area contributed by atoms with E-state index in [2.05, 4.69) is 4.98 Å². The Morgan fingerprint density at radius 2 is 1.94 bits per heavy atom. The van der Waals surface area contributed by atoms with E-state index in [0.717, 1.165) is 23.8 Å². The fourth-order valence-corrected chi connectivity index (χ4v) is 2.17. The van der Waals surface area contributed by atoms with Crippen molar-refractivity contribution in [1.82, 2.24) is 9.55 Å². The monoisotopic (exact) mass is 276 g/mol. The first-order valence-electron chi connectivity index (χ1n) is 6.22. The summed E-state index contributed by atoms with van der Waals surface area (Å²) < 4.78 is 14.4. The molecular weight excluding hydrogens is 259 g/mol. The summed E-state index contributed by atoms with van der Waals surface area (Å²) in [4.78, 5) is 25.7. The number of unbranched alkanes of at least 4 members (excludes halogenated alkanes) is 1. The number of aromatic nitrogens is 2. The smallest absolute Gasteiger partial charge is 0.295 e. The molecule has 0 aliphatic heterocycles. The number of hydrogen-bond acceptors (Lipinski definition) is 2. The van der Waals surface area contributed by atoms with Gasteiger partial charge in [0, 0.05) is 6.04 Å². The second-order valence-electron chi connectivity index (χ2n) is 4.32. The normalized spacial score (nSPS) is 12.7. The molecule has 0 aliphatic carbocycles. The minimum absolute atomic E-state index is 0.266. The van der Waals surface area contributed by atoms with Gasteiger partial charge < -0.3 is 0 Å². The van der Waals surface area contributed by atoms with Crippen LogP contribution in [0, 0.1) is 5.82 Å². The van der Waals surface area contributed by atoms with Crippen LogP contribution < -0.4 is 11.2 Å². The first-order chi connectivity index (χ1) is 8.52. The van der Waals surface area contributed by atoms with Crippen LogP contribution in [0.3, 0.4) is 0 Å². The summed E-state index contributed by atoms with van der Waals surface area (Å²) in [5, 5.41) is -0.521. The molecule has 1 rings (SSSR count). The van der Waals surface area contributed by atoms with Crippen LogP contribution in [0.1, 0.15) is 52.0 Å². The van der Waals surface area contributed by atoms with E-state index in [9.17, 15) is 14.0 Å². The molecule has 1 atom stereocenters. The van der Waals surface area contributed by atoms with Crippen molar-refractivity contribution in [2.45, 2.75) is 52.0 Å². The summed E-state index contributed by atoms with van der Waals surface area (Å²) in [6.07, 6.45) is 4.03. The van der Waals surface area contributed by atoms with Gasteiger partial charge in [-0.25, -0.2) is 4.79 Å². The molecule has 1 heterocycles. The largest absolute Gasteiger partial charge is 0.329 e. The van der Waals surface area contributed by atoms with E-state index < -0.39 is 22.2 Å². The number of rotatable bonds is 6. The maximum atomic E-state index is 13.5. The summed E-state index contributed by atoms with van der Waals surface area (Å²) in [7, 11) is 0. The van der Waals surface area contributed by atoms with Crippen LogP contribution in [0.5, 0.6) is 0 Å².